The number of hydrogen-bond acceptors (Lipinski definition) is 3. The quantitative estimate of drug-likeness (QED) is 0.870. The van der Waals surface area contributed by atoms with Gasteiger partial charge in [0.15, 0.2) is 0 Å². The smallest absolute Gasteiger partial charge is 0.251 e. The van der Waals surface area contributed by atoms with Crippen LogP contribution in [-0.2, 0) is 20.0 Å². The number of carbonyl (C=O) groups excluding carboxylic acids is 1. The molecule has 0 bridgehead atoms. The Labute approximate surface area is 111 Å². The van der Waals surface area contributed by atoms with Crippen LogP contribution in [0.15, 0.2) is 30.5 Å². The highest BCUT2D eigenvalue weighted by atomic mass is 16.1. The predicted octanol–water partition coefficient (Wildman–Crippen LogP) is 1.32. The third-order valence-electron chi connectivity index (χ3n) is 3.28. The van der Waals surface area contributed by atoms with Gasteiger partial charge in [-0.25, -0.2) is 0 Å². The number of amides is 1. The van der Waals surface area contributed by atoms with Gasteiger partial charge < -0.3 is 10.6 Å². The van der Waals surface area contributed by atoms with E-state index in [0.29, 0.717) is 12.1 Å². The number of nitrogens with one attached hydrogen (secondary N) is 2. The highest BCUT2D eigenvalue weighted by Crippen LogP contribution is 2.23. The normalized spacial score (nSPS) is 12.9. The Morgan fingerprint density at radius 2 is 2.37 bits per heavy atom. The second-order valence-corrected chi connectivity index (χ2v) is 4.71. The lowest BCUT2D eigenvalue weighted by atomic mass is 10.1. The fourth-order valence-electron chi connectivity index (χ4n) is 2.26. The summed E-state index contributed by atoms with van der Waals surface area (Å²) < 4.78 is 1.72. The molecule has 1 aromatic heterocycles. The summed E-state index contributed by atoms with van der Waals surface area (Å²) in [5, 5.41) is 10.4. The molecular weight excluding hydrogens is 240 g/mol. The molecule has 5 nitrogen and oxygen atoms in total. The predicted molar refractivity (Wildman–Crippen MR) is 73.0 cm³/mol. The highest BCUT2D eigenvalue weighted by Gasteiger charge is 2.13. The van der Waals surface area contributed by atoms with Crippen LogP contribution in [0, 0.1) is 0 Å². The number of aromatic nitrogens is 2. The fourth-order valence-corrected chi connectivity index (χ4v) is 2.26. The first-order valence-electron chi connectivity index (χ1n) is 6.36. The van der Waals surface area contributed by atoms with Crippen molar-refractivity contribution in [1.29, 1.82) is 0 Å². The number of benzene rings is 1. The van der Waals surface area contributed by atoms with Crippen molar-refractivity contribution < 1.29 is 4.79 Å². The third kappa shape index (κ3) is 2.45. The van der Waals surface area contributed by atoms with Gasteiger partial charge in [0.25, 0.3) is 5.91 Å². The van der Waals surface area contributed by atoms with Gasteiger partial charge in [-0.3, -0.25) is 9.48 Å². The summed E-state index contributed by atoms with van der Waals surface area (Å²) in [6.45, 7) is 1.40. The molecule has 3 rings (SSSR count). The van der Waals surface area contributed by atoms with Crippen LogP contribution in [0.3, 0.4) is 0 Å². The first-order valence-corrected chi connectivity index (χ1v) is 6.36. The van der Waals surface area contributed by atoms with E-state index in [4.69, 9.17) is 0 Å². The summed E-state index contributed by atoms with van der Waals surface area (Å²) in [5.41, 5.74) is 3.89. The van der Waals surface area contributed by atoms with Gasteiger partial charge in [0.1, 0.15) is 0 Å². The van der Waals surface area contributed by atoms with E-state index in [9.17, 15) is 4.79 Å². The van der Waals surface area contributed by atoms with Crippen LogP contribution >= 0.6 is 0 Å². The SMILES string of the molecule is Cn1ccc(CNC(=O)c2ccc3c(c2)NCC3)n1. The van der Waals surface area contributed by atoms with Gasteiger partial charge in [-0.05, 0) is 30.2 Å². The molecule has 0 fully saturated rings. The van der Waals surface area contributed by atoms with Crippen molar-refractivity contribution in [3.05, 3.63) is 47.3 Å². The van der Waals surface area contributed by atoms with Gasteiger partial charge in [0, 0.05) is 31.0 Å². The zero-order chi connectivity index (χ0) is 13.2. The minimum absolute atomic E-state index is 0.0675. The number of rotatable bonds is 3. The monoisotopic (exact) mass is 256 g/mol. The first kappa shape index (κ1) is 11.8. The standard InChI is InChI=1S/C14H16N4O/c1-18-7-5-12(17-18)9-16-14(19)11-3-2-10-4-6-15-13(10)8-11/h2-3,5,7-8,15H,4,6,9H2,1H3,(H,16,19). The van der Waals surface area contributed by atoms with Crippen LogP contribution in [-0.4, -0.2) is 22.2 Å². The number of aryl methyl sites for hydroxylation is 1. The zero-order valence-corrected chi connectivity index (χ0v) is 10.8. The molecule has 2 aromatic rings. The Hall–Kier alpha value is -2.30. The molecule has 98 valence electrons. The Kier molecular flexibility index (Phi) is 2.95. The number of hydrogen-bond donors (Lipinski definition) is 2. The van der Waals surface area contributed by atoms with E-state index >= 15 is 0 Å². The Balaban J connectivity index is 1.67. The second-order valence-electron chi connectivity index (χ2n) is 4.71. The summed E-state index contributed by atoms with van der Waals surface area (Å²) in [7, 11) is 1.86. The lowest BCUT2D eigenvalue weighted by Gasteiger charge is -2.06. The van der Waals surface area contributed by atoms with Crippen molar-refractivity contribution in [3.8, 4) is 0 Å². The minimum atomic E-state index is -0.0675. The molecule has 0 atom stereocenters. The van der Waals surface area contributed by atoms with Gasteiger partial charge >= 0.3 is 0 Å². The number of fused-ring (bicyclic) bond motifs is 1. The molecule has 2 heterocycles. The molecule has 0 saturated carbocycles. The van der Waals surface area contributed by atoms with Crippen molar-refractivity contribution in [2.75, 3.05) is 11.9 Å². The topological polar surface area (TPSA) is 59.0 Å². The van der Waals surface area contributed by atoms with Crippen molar-refractivity contribution in [3.63, 3.8) is 0 Å². The van der Waals surface area contributed by atoms with E-state index in [1.165, 1.54) is 5.56 Å². The Bertz CT molecular complexity index is 618. The molecule has 19 heavy (non-hydrogen) atoms. The molecule has 0 radical (unpaired) electrons. The maximum Gasteiger partial charge on any atom is 0.251 e. The van der Waals surface area contributed by atoms with E-state index < -0.39 is 0 Å². The van der Waals surface area contributed by atoms with Crippen LogP contribution in [0.4, 0.5) is 5.69 Å². The van der Waals surface area contributed by atoms with E-state index in [1.54, 1.807) is 4.68 Å². The van der Waals surface area contributed by atoms with Crippen molar-refractivity contribution in [2.24, 2.45) is 7.05 Å². The van der Waals surface area contributed by atoms with E-state index in [0.717, 1.165) is 24.3 Å². The van der Waals surface area contributed by atoms with Crippen LogP contribution in [0.25, 0.3) is 0 Å². The second kappa shape index (κ2) is 4.76. The molecule has 2 N–H and O–H groups in total. The summed E-state index contributed by atoms with van der Waals surface area (Å²) in [4.78, 5) is 12.1. The molecular formula is C14H16N4O. The first-order chi connectivity index (χ1) is 9.22. The lowest BCUT2D eigenvalue weighted by Crippen LogP contribution is -2.23. The molecule has 0 unspecified atom stereocenters. The van der Waals surface area contributed by atoms with Crippen molar-refractivity contribution in [2.45, 2.75) is 13.0 Å². The highest BCUT2D eigenvalue weighted by molar-refractivity contribution is 5.95. The van der Waals surface area contributed by atoms with Gasteiger partial charge in [-0.2, -0.15) is 5.10 Å². The van der Waals surface area contributed by atoms with Gasteiger partial charge in [0.05, 0.1) is 12.2 Å². The number of anilines is 1. The van der Waals surface area contributed by atoms with Crippen LogP contribution in [0.1, 0.15) is 21.6 Å². The van der Waals surface area contributed by atoms with Crippen LogP contribution in [0.2, 0.25) is 0 Å². The van der Waals surface area contributed by atoms with E-state index in [-0.39, 0.29) is 5.91 Å². The molecule has 1 aromatic carbocycles. The number of carbonyl (C=O) groups is 1. The molecule has 5 heteroatoms. The average molecular weight is 256 g/mol. The van der Waals surface area contributed by atoms with Gasteiger partial charge in [-0.15, -0.1) is 0 Å². The molecule has 0 saturated heterocycles. The van der Waals surface area contributed by atoms with Gasteiger partial charge in [0.2, 0.25) is 0 Å². The molecule has 1 aliphatic rings. The van der Waals surface area contributed by atoms with Crippen molar-refractivity contribution in [1.82, 2.24) is 15.1 Å². The summed E-state index contributed by atoms with van der Waals surface area (Å²) in [5.74, 6) is -0.0675. The molecule has 0 spiro atoms. The van der Waals surface area contributed by atoms with Gasteiger partial charge in [-0.1, -0.05) is 6.07 Å². The fraction of sp³-hybridized carbons (Fsp3) is 0.286. The number of nitrogens with zero attached hydrogens (tertiary/aromatic N) is 2. The average Bonchev–Trinajstić information content (AvgIpc) is 3.03. The molecule has 1 aliphatic heterocycles. The summed E-state index contributed by atoms with van der Waals surface area (Å²) in [6, 6.07) is 7.70. The Morgan fingerprint density at radius 1 is 1.47 bits per heavy atom. The van der Waals surface area contributed by atoms with E-state index in [2.05, 4.69) is 15.7 Å². The van der Waals surface area contributed by atoms with E-state index in [1.807, 2.05) is 37.5 Å². The summed E-state index contributed by atoms with van der Waals surface area (Å²) >= 11 is 0. The zero-order valence-electron chi connectivity index (χ0n) is 10.8. The largest absolute Gasteiger partial charge is 0.384 e. The molecule has 1 amide bonds. The van der Waals surface area contributed by atoms with Crippen LogP contribution in [0.5, 0.6) is 0 Å². The van der Waals surface area contributed by atoms with Crippen LogP contribution < -0.4 is 10.6 Å². The van der Waals surface area contributed by atoms with Crippen molar-refractivity contribution >= 4 is 11.6 Å². The Morgan fingerprint density at radius 3 is 3.16 bits per heavy atom. The minimum Gasteiger partial charge on any atom is -0.384 e. The molecule has 0 aliphatic carbocycles. The maximum atomic E-state index is 12.1. The third-order valence-corrected chi connectivity index (χ3v) is 3.28. The maximum absolute atomic E-state index is 12.1. The lowest BCUT2D eigenvalue weighted by molar-refractivity contribution is 0.0950. The summed E-state index contributed by atoms with van der Waals surface area (Å²) in [6.07, 6.45) is 2.89.